The van der Waals surface area contributed by atoms with Crippen LogP contribution in [0.4, 0.5) is 0 Å². The van der Waals surface area contributed by atoms with Gasteiger partial charge in [-0.2, -0.15) is 5.26 Å². The van der Waals surface area contributed by atoms with Crippen molar-refractivity contribution >= 4 is 23.4 Å². The van der Waals surface area contributed by atoms with Gasteiger partial charge in [0.25, 0.3) is 5.56 Å². The number of Topliss-reactive ketones (excluding diaryl/α,β-unsaturated/α-hetero) is 1. The Hall–Kier alpha value is -3.93. The third-order valence-corrected chi connectivity index (χ3v) is 5.71. The fourth-order valence-corrected chi connectivity index (χ4v) is 3.96. The molecule has 1 heterocycles. The molecule has 3 aromatic rings. The lowest BCUT2D eigenvalue weighted by Gasteiger charge is -2.21. The first-order chi connectivity index (χ1) is 18.0. The highest BCUT2D eigenvalue weighted by Gasteiger charge is 2.25. The number of aromatic nitrogens is 1. The highest BCUT2D eigenvalue weighted by molar-refractivity contribution is 6.31. The first-order valence-electron chi connectivity index (χ1n) is 11.9. The van der Waals surface area contributed by atoms with Crippen LogP contribution in [0.3, 0.4) is 0 Å². The number of benzene rings is 2. The third-order valence-electron chi connectivity index (χ3n) is 5.48. The first-order valence-corrected chi connectivity index (χ1v) is 12.3. The number of hydrogen-bond donors (Lipinski definition) is 0. The molecule has 1 atom stereocenters. The summed E-state index contributed by atoms with van der Waals surface area (Å²) in [6.07, 6.45) is 0.141. The molecule has 3 rings (SSSR count). The maximum Gasteiger partial charge on any atom is 0.338 e. The van der Waals surface area contributed by atoms with Gasteiger partial charge < -0.3 is 14.2 Å². The van der Waals surface area contributed by atoms with Crippen molar-refractivity contribution in [3.63, 3.8) is 0 Å². The molecule has 0 radical (unpaired) electrons. The predicted octanol–water partition coefficient (Wildman–Crippen LogP) is 5.35. The zero-order valence-corrected chi connectivity index (χ0v) is 22.7. The van der Waals surface area contributed by atoms with Crippen molar-refractivity contribution in [3.8, 4) is 22.9 Å². The van der Waals surface area contributed by atoms with E-state index in [-0.39, 0.29) is 24.6 Å². The van der Waals surface area contributed by atoms with E-state index >= 15 is 0 Å². The summed E-state index contributed by atoms with van der Waals surface area (Å²) in [7, 11) is 1.42. The number of carbonyl (C=O) groups is 2. The molecule has 8 nitrogen and oxygen atoms in total. The van der Waals surface area contributed by atoms with Gasteiger partial charge >= 0.3 is 5.97 Å². The lowest BCUT2D eigenvalue weighted by molar-refractivity contribution is -0.135. The van der Waals surface area contributed by atoms with Crippen LogP contribution in [0.25, 0.3) is 11.1 Å². The molecule has 0 bridgehead atoms. The molecule has 9 heteroatoms. The standard InChI is InChI=1S/C29H29ClN2O6/c1-6-37-27(24(33)13-18-7-9-19(10-8-18)28(35)38-29(2,3)4)32-17-25(36-5)23(15-26(32)34)22-14-21(30)12-11-20(22)16-31/h7-12,14-15,17,27H,6,13H2,1-5H3. The number of ketones is 1. The van der Waals surface area contributed by atoms with Gasteiger partial charge in [0.1, 0.15) is 11.4 Å². The number of halogens is 1. The molecule has 0 aliphatic carbocycles. The molecule has 198 valence electrons. The number of nitriles is 1. The van der Waals surface area contributed by atoms with E-state index in [1.54, 1.807) is 70.2 Å². The van der Waals surface area contributed by atoms with Crippen LogP contribution in [0.2, 0.25) is 5.02 Å². The fourth-order valence-electron chi connectivity index (χ4n) is 3.79. The van der Waals surface area contributed by atoms with Crippen LogP contribution >= 0.6 is 11.6 Å². The van der Waals surface area contributed by atoms with Crippen LogP contribution in [0, 0.1) is 11.3 Å². The SMILES string of the molecule is CCOC(C(=O)Cc1ccc(C(=O)OC(C)(C)C)cc1)n1cc(OC)c(-c2cc(Cl)ccc2C#N)cc1=O. The fraction of sp³-hybridized carbons (Fsp3) is 0.310. The van der Waals surface area contributed by atoms with Crippen LogP contribution in [0.1, 0.15) is 55.4 Å². The second-order valence-electron chi connectivity index (χ2n) is 9.45. The molecule has 0 amide bonds. The van der Waals surface area contributed by atoms with Gasteiger partial charge in [-0.25, -0.2) is 4.79 Å². The molecule has 1 aromatic heterocycles. The van der Waals surface area contributed by atoms with E-state index in [2.05, 4.69) is 6.07 Å². The molecule has 0 N–H and O–H groups in total. The zero-order chi connectivity index (χ0) is 28.0. The maximum atomic E-state index is 13.3. The van der Waals surface area contributed by atoms with Crippen molar-refractivity contribution in [2.75, 3.05) is 13.7 Å². The van der Waals surface area contributed by atoms with Crippen LogP contribution in [-0.4, -0.2) is 35.6 Å². The lowest BCUT2D eigenvalue weighted by Crippen LogP contribution is -2.32. The van der Waals surface area contributed by atoms with E-state index in [0.717, 1.165) is 0 Å². The Balaban J connectivity index is 1.92. The minimum Gasteiger partial charge on any atom is -0.495 e. The predicted molar refractivity (Wildman–Crippen MR) is 143 cm³/mol. The van der Waals surface area contributed by atoms with Crippen LogP contribution in [0.5, 0.6) is 5.75 Å². The summed E-state index contributed by atoms with van der Waals surface area (Å²) in [6.45, 7) is 7.25. The molecule has 0 spiro atoms. The number of esters is 1. The van der Waals surface area contributed by atoms with Gasteiger partial charge in [-0.15, -0.1) is 0 Å². The number of rotatable bonds is 9. The number of pyridine rings is 1. The number of nitrogens with zero attached hydrogens (tertiary/aromatic N) is 2. The van der Waals surface area contributed by atoms with Gasteiger partial charge in [0.15, 0.2) is 12.0 Å². The molecule has 0 saturated heterocycles. The zero-order valence-electron chi connectivity index (χ0n) is 21.9. The minimum absolute atomic E-state index is 0.0390. The second-order valence-corrected chi connectivity index (χ2v) is 9.89. The maximum absolute atomic E-state index is 13.3. The van der Waals surface area contributed by atoms with Crippen LogP contribution < -0.4 is 10.3 Å². The molecular weight excluding hydrogens is 508 g/mol. The summed E-state index contributed by atoms with van der Waals surface area (Å²) >= 11 is 6.13. The van der Waals surface area contributed by atoms with Crippen LogP contribution in [0.15, 0.2) is 59.5 Å². The van der Waals surface area contributed by atoms with Gasteiger partial charge in [-0.05, 0) is 63.6 Å². The average molecular weight is 537 g/mol. The quantitative estimate of drug-likeness (QED) is 0.339. The Morgan fingerprint density at radius 3 is 2.34 bits per heavy atom. The van der Waals surface area contributed by atoms with Crippen molar-refractivity contribution in [2.45, 2.75) is 45.9 Å². The molecule has 0 fully saturated rings. The van der Waals surface area contributed by atoms with E-state index in [4.69, 9.17) is 25.8 Å². The lowest BCUT2D eigenvalue weighted by atomic mass is 10.0. The molecule has 0 saturated carbocycles. The highest BCUT2D eigenvalue weighted by atomic mass is 35.5. The Morgan fingerprint density at radius 1 is 1.08 bits per heavy atom. The van der Waals surface area contributed by atoms with E-state index in [9.17, 15) is 19.6 Å². The minimum atomic E-state index is -1.21. The van der Waals surface area contributed by atoms with Crippen molar-refractivity contribution < 1.29 is 23.8 Å². The van der Waals surface area contributed by atoms with Crippen molar-refractivity contribution in [2.24, 2.45) is 0 Å². The van der Waals surface area contributed by atoms with Gasteiger partial charge in [-0.3, -0.25) is 14.2 Å². The molecule has 0 aliphatic rings. The third kappa shape index (κ3) is 6.88. The Labute approximate surface area is 226 Å². The second kappa shape index (κ2) is 12.1. The summed E-state index contributed by atoms with van der Waals surface area (Å²) in [4.78, 5) is 38.7. The molecular formula is C29H29ClN2O6. The summed E-state index contributed by atoms with van der Waals surface area (Å²) in [5.74, 6) is -0.558. The topological polar surface area (TPSA) is 108 Å². The Kier molecular flexibility index (Phi) is 9.10. The van der Waals surface area contributed by atoms with Crippen molar-refractivity contribution in [1.29, 1.82) is 5.26 Å². The number of hydrogen-bond acceptors (Lipinski definition) is 7. The van der Waals surface area contributed by atoms with Gasteiger partial charge in [0.05, 0.1) is 30.5 Å². The largest absolute Gasteiger partial charge is 0.495 e. The van der Waals surface area contributed by atoms with E-state index < -0.39 is 23.4 Å². The highest BCUT2D eigenvalue weighted by Crippen LogP contribution is 2.33. The molecule has 1 unspecified atom stereocenters. The number of ether oxygens (including phenoxy) is 3. The van der Waals surface area contributed by atoms with E-state index in [1.165, 1.54) is 23.9 Å². The monoisotopic (exact) mass is 536 g/mol. The summed E-state index contributed by atoms with van der Waals surface area (Å²) in [5, 5.41) is 9.91. The van der Waals surface area contributed by atoms with Crippen molar-refractivity contribution in [1.82, 2.24) is 4.57 Å². The summed E-state index contributed by atoms with van der Waals surface area (Å²) in [5.41, 5.74) is 0.990. The van der Waals surface area contributed by atoms with Crippen molar-refractivity contribution in [3.05, 3.63) is 86.8 Å². The normalized spacial score (nSPS) is 11.9. The Morgan fingerprint density at radius 2 is 1.76 bits per heavy atom. The molecule has 0 aliphatic heterocycles. The van der Waals surface area contributed by atoms with E-state index in [1.807, 2.05) is 0 Å². The van der Waals surface area contributed by atoms with Gasteiger partial charge in [0, 0.05) is 35.2 Å². The number of methoxy groups -OCH3 is 1. The number of carbonyl (C=O) groups excluding carboxylic acids is 2. The first kappa shape index (κ1) is 28.6. The Bertz CT molecular complexity index is 1430. The smallest absolute Gasteiger partial charge is 0.338 e. The van der Waals surface area contributed by atoms with Crippen LogP contribution in [-0.2, 0) is 20.7 Å². The summed E-state index contributed by atoms with van der Waals surface area (Å²) < 4.78 is 17.7. The van der Waals surface area contributed by atoms with Gasteiger partial charge in [0.2, 0.25) is 0 Å². The summed E-state index contributed by atoms with van der Waals surface area (Å²) in [6, 6.07) is 14.6. The van der Waals surface area contributed by atoms with E-state index in [0.29, 0.717) is 32.8 Å². The molecule has 2 aromatic carbocycles. The van der Waals surface area contributed by atoms with Gasteiger partial charge in [-0.1, -0.05) is 23.7 Å². The average Bonchev–Trinajstić information content (AvgIpc) is 2.86. The molecule has 38 heavy (non-hydrogen) atoms.